The van der Waals surface area contributed by atoms with Crippen molar-refractivity contribution in [3.8, 4) is 5.69 Å². The van der Waals surface area contributed by atoms with Crippen molar-refractivity contribution < 1.29 is 0 Å². The number of fused-ring (bicyclic) bond motifs is 1. The average molecular weight is 313 g/mol. The van der Waals surface area contributed by atoms with Crippen LogP contribution in [0.15, 0.2) is 53.3 Å². The molecule has 0 N–H and O–H groups in total. The molecule has 4 heteroatoms. The molecule has 0 unspecified atom stereocenters. The van der Waals surface area contributed by atoms with E-state index in [1.165, 1.54) is 0 Å². The SMILES string of the molecule is CCCCc1nc2ccccc2c(=O)n1-c1ccccc1Cl. The number of unbranched alkanes of at least 4 members (excludes halogenated alkanes) is 1. The summed E-state index contributed by atoms with van der Waals surface area (Å²) < 4.78 is 1.65. The highest BCUT2D eigenvalue weighted by molar-refractivity contribution is 6.32. The summed E-state index contributed by atoms with van der Waals surface area (Å²) in [5, 5.41) is 1.17. The van der Waals surface area contributed by atoms with Gasteiger partial charge in [-0.05, 0) is 30.7 Å². The number of hydrogen-bond acceptors (Lipinski definition) is 2. The first-order valence-corrected chi connectivity index (χ1v) is 7.85. The molecule has 0 aliphatic heterocycles. The maximum Gasteiger partial charge on any atom is 0.266 e. The van der Waals surface area contributed by atoms with Crippen LogP contribution >= 0.6 is 11.6 Å². The Bertz CT molecular complexity index is 870. The van der Waals surface area contributed by atoms with Crippen LogP contribution in [0.1, 0.15) is 25.6 Å². The van der Waals surface area contributed by atoms with E-state index in [-0.39, 0.29) is 5.56 Å². The Hall–Kier alpha value is -2.13. The lowest BCUT2D eigenvalue weighted by Gasteiger charge is -2.14. The molecule has 3 aromatic rings. The van der Waals surface area contributed by atoms with Gasteiger partial charge in [0.15, 0.2) is 0 Å². The Labute approximate surface area is 134 Å². The molecule has 0 aliphatic carbocycles. The van der Waals surface area contributed by atoms with Gasteiger partial charge in [0.1, 0.15) is 5.82 Å². The normalized spacial score (nSPS) is 11.0. The van der Waals surface area contributed by atoms with Crippen LogP contribution in [0.5, 0.6) is 0 Å². The molecule has 0 aliphatic rings. The lowest BCUT2D eigenvalue weighted by atomic mass is 10.2. The van der Waals surface area contributed by atoms with E-state index < -0.39 is 0 Å². The molecule has 1 aromatic heterocycles. The minimum absolute atomic E-state index is 0.0650. The van der Waals surface area contributed by atoms with Crippen molar-refractivity contribution in [1.29, 1.82) is 0 Å². The van der Waals surface area contributed by atoms with Crippen LogP contribution in [0, 0.1) is 0 Å². The van der Waals surface area contributed by atoms with Gasteiger partial charge in [0.2, 0.25) is 0 Å². The van der Waals surface area contributed by atoms with E-state index in [9.17, 15) is 4.79 Å². The van der Waals surface area contributed by atoms with Crippen molar-refractivity contribution in [3.63, 3.8) is 0 Å². The first-order valence-electron chi connectivity index (χ1n) is 7.48. The summed E-state index contributed by atoms with van der Waals surface area (Å²) in [6.45, 7) is 2.12. The van der Waals surface area contributed by atoms with Gasteiger partial charge >= 0.3 is 0 Å². The second kappa shape index (κ2) is 6.32. The summed E-state index contributed by atoms with van der Waals surface area (Å²) in [6, 6.07) is 14.8. The van der Waals surface area contributed by atoms with Gasteiger partial charge in [0, 0.05) is 6.42 Å². The molecule has 0 bridgehead atoms. The number of aryl methyl sites for hydroxylation is 1. The lowest BCUT2D eigenvalue weighted by Crippen LogP contribution is -2.24. The minimum Gasteiger partial charge on any atom is -0.268 e. The van der Waals surface area contributed by atoms with E-state index in [0.717, 1.165) is 30.6 Å². The third kappa shape index (κ3) is 2.64. The molecule has 1 heterocycles. The van der Waals surface area contributed by atoms with E-state index in [4.69, 9.17) is 16.6 Å². The summed E-state index contributed by atoms with van der Waals surface area (Å²) >= 11 is 6.30. The van der Waals surface area contributed by atoms with Crippen molar-refractivity contribution in [1.82, 2.24) is 9.55 Å². The van der Waals surface area contributed by atoms with Crippen LogP contribution in [-0.2, 0) is 6.42 Å². The Morgan fingerprint density at radius 3 is 2.59 bits per heavy atom. The van der Waals surface area contributed by atoms with Crippen LogP contribution in [-0.4, -0.2) is 9.55 Å². The van der Waals surface area contributed by atoms with E-state index in [1.807, 2.05) is 42.5 Å². The molecule has 0 amide bonds. The topological polar surface area (TPSA) is 34.9 Å². The smallest absolute Gasteiger partial charge is 0.266 e. The van der Waals surface area contributed by atoms with Gasteiger partial charge < -0.3 is 0 Å². The Morgan fingerprint density at radius 1 is 1.09 bits per heavy atom. The fourth-order valence-electron chi connectivity index (χ4n) is 2.56. The quantitative estimate of drug-likeness (QED) is 0.716. The highest BCUT2D eigenvalue weighted by atomic mass is 35.5. The molecule has 3 rings (SSSR count). The first kappa shape index (κ1) is 14.8. The zero-order valence-electron chi connectivity index (χ0n) is 12.4. The van der Waals surface area contributed by atoms with Gasteiger partial charge in [0.05, 0.1) is 21.6 Å². The molecule has 22 heavy (non-hydrogen) atoms. The van der Waals surface area contributed by atoms with Crippen molar-refractivity contribution in [3.05, 3.63) is 69.7 Å². The molecule has 0 spiro atoms. The maximum atomic E-state index is 12.9. The zero-order chi connectivity index (χ0) is 15.5. The molecule has 112 valence electrons. The third-order valence-corrected chi connectivity index (χ3v) is 4.01. The van der Waals surface area contributed by atoms with Crippen LogP contribution in [0.3, 0.4) is 0 Å². The highest BCUT2D eigenvalue weighted by Crippen LogP contribution is 2.21. The van der Waals surface area contributed by atoms with Gasteiger partial charge in [-0.3, -0.25) is 9.36 Å². The van der Waals surface area contributed by atoms with Crippen LogP contribution in [0.4, 0.5) is 0 Å². The van der Waals surface area contributed by atoms with E-state index in [1.54, 1.807) is 10.6 Å². The second-order valence-corrected chi connectivity index (χ2v) is 5.65. The summed E-state index contributed by atoms with van der Waals surface area (Å²) in [7, 11) is 0. The van der Waals surface area contributed by atoms with Gasteiger partial charge in [-0.2, -0.15) is 0 Å². The van der Waals surface area contributed by atoms with Crippen LogP contribution in [0.2, 0.25) is 5.02 Å². The number of hydrogen-bond donors (Lipinski definition) is 0. The maximum absolute atomic E-state index is 12.9. The van der Waals surface area contributed by atoms with Gasteiger partial charge in [-0.25, -0.2) is 4.98 Å². The number of nitrogens with zero attached hydrogens (tertiary/aromatic N) is 2. The summed E-state index contributed by atoms with van der Waals surface area (Å²) in [5.74, 6) is 0.763. The van der Waals surface area contributed by atoms with Crippen LogP contribution < -0.4 is 5.56 Å². The third-order valence-electron chi connectivity index (χ3n) is 3.69. The summed E-state index contributed by atoms with van der Waals surface area (Å²) in [4.78, 5) is 17.6. The minimum atomic E-state index is -0.0650. The largest absolute Gasteiger partial charge is 0.268 e. The molecular weight excluding hydrogens is 296 g/mol. The van der Waals surface area contributed by atoms with Gasteiger partial charge in [0.25, 0.3) is 5.56 Å². The fraction of sp³-hybridized carbons (Fsp3) is 0.222. The Balaban J connectivity index is 2.33. The Kier molecular flexibility index (Phi) is 4.25. The second-order valence-electron chi connectivity index (χ2n) is 5.24. The van der Waals surface area contributed by atoms with Crippen molar-refractivity contribution in [2.45, 2.75) is 26.2 Å². The molecule has 0 fully saturated rings. The highest BCUT2D eigenvalue weighted by Gasteiger charge is 2.14. The molecule has 0 saturated carbocycles. The molecule has 2 aromatic carbocycles. The molecule has 0 saturated heterocycles. The average Bonchev–Trinajstić information content (AvgIpc) is 2.54. The van der Waals surface area contributed by atoms with Crippen molar-refractivity contribution in [2.24, 2.45) is 0 Å². The molecule has 3 nitrogen and oxygen atoms in total. The number of rotatable bonds is 4. The zero-order valence-corrected chi connectivity index (χ0v) is 13.2. The first-order chi connectivity index (χ1) is 10.7. The van der Waals surface area contributed by atoms with E-state index >= 15 is 0 Å². The monoisotopic (exact) mass is 312 g/mol. The van der Waals surface area contributed by atoms with Gasteiger partial charge in [-0.15, -0.1) is 0 Å². The van der Waals surface area contributed by atoms with Crippen molar-refractivity contribution in [2.75, 3.05) is 0 Å². The van der Waals surface area contributed by atoms with E-state index in [2.05, 4.69) is 6.92 Å². The predicted molar refractivity (Wildman–Crippen MR) is 91.0 cm³/mol. The standard InChI is InChI=1S/C18H17ClN2O/c1-2-3-12-17-20-15-10-6-4-8-13(15)18(22)21(17)16-11-7-5-9-14(16)19/h4-11H,2-3,12H2,1H3. The van der Waals surface area contributed by atoms with Crippen molar-refractivity contribution >= 4 is 22.5 Å². The summed E-state index contributed by atoms with van der Waals surface area (Å²) in [5.41, 5.74) is 1.37. The molecular formula is C18H17ClN2O. The number of halogens is 1. The Morgan fingerprint density at radius 2 is 1.82 bits per heavy atom. The number of benzene rings is 2. The lowest BCUT2D eigenvalue weighted by molar-refractivity contribution is 0.720. The molecule has 0 radical (unpaired) electrons. The number of aromatic nitrogens is 2. The fourth-order valence-corrected chi connectivity index (χ4v) is 2.78. The number of para-hydroxylation sites is 2. The van der Waals surface area contributed by atoms with Crippen LogP contribution in [0.25, 0.3) is 16.6 Å². The van der Waals surface area contributed by atoms with Gasteiger partial charge in [-0.1, -0.05) is 49.2 Å². The van der Waals surface area contributed by atoms with E-state index in [0.29, 0.717) is 16.1 Å². The summed E-state index contributed by atoms with van der Waals surface area (Å²) in [6.07, 6.45) is 2.78. The molecule has 0 atom stereocenters. The predicted octanol–water partition coefficient (Wildman–Crippen LogP) is 4.38.